The zero-order valence-electron chi connectivity index (χ0n) is 5.61. The first-order valence-corrected chi connectivity index (χ1v) is 5.97. The van der Waals surface area contributed by atoms with Crippen LogP contribution in [0.1, 0.15) is 0 Å². The van der Waals surface area contributed by atoms with E-state index in [9.17, 15) is 3.83 Å². The van der Waals surface area contributed by atoms with Gasteiger partial charge >= 0.3 is 63.7 Å². The van der Waals surface area contributed by atoms with E-state index in [4.69, 9.17) is 3.82 Å². The van der Waals surface area contributed by atoms with Crippen molar-refractivity contribution in [1.82, 2.24) is 0 Å². The van der Waals surface area contributed by atoms with Crippen LogP contribution in [0.25, 0.3) is 0 Å². The second-order valence-corrected chi connectivity index (χ2v) is 3.83. The van der Waals surface area contributed by atoms with Gasteiger partial charge in [-0.25, -0.2) is 0 Å². The predicted octanol–water partition coefficient (Wildman–Crippen LogP) is 1.61. The van der Waals surface area contributed by atoms with Crippen molar-refractivity contribution >= 4 is 14.2 Å². The van der Waals surface area contributed by atoms with Crippen molar-refractivity contribution in [2.45, 2.75) is 5.82 Å². The molecule has 0 N–H and O–H groups in total. The molecule has 0 aliphatic heterocycles. The Bertz CT molecular complexity index is 220. The predicted molar refractivity (Wildman–Crippen MR) is 39.4 cm³/mol. The van der Waals surface area contributed by atoms with Crippen molar-refractivity contribution in [1.29, 1.82) is 0 Å². The summed E-state index contributed by atoms with van der Waals surface area (Å²) >= 11 is -2.03. The number of rotatable bonds is 2. The summed E-state index contributed by atoms with van der Waals surface area (Å²) < 4.78 is 15.6. The maximum absolute atomic E-state index is 10.6. The molecule has 0 aromatic heterocycles. The monoisotopic (exact) mass is 204 g/mol. The summed E-state index contributed by atoms with van der Waals surface area (Å²) in [5, 5.41) is 0. The number of hydrogen-bond acceptors (Lipinski definition) is 2. The first-order chi connectivity index (χ1) is 4.79. The van der Waals surface area contributed by atoms with E-state index in [0.717, 1.165) is 0 Å². The quantitative estimate of drug-likeness (QED) is 0.682. The van der Waals surface area contributed by atoms with E-state index in [2.05, 4.69) is 0 Å². The summed E-state index contributed by atoms with van der Waals surface area (Å²) in [5.74, 6) is 2.28. The first kappa shape index (κ1) is 7.45. The number of hydrogen-bond donors (Lipinski definition) is 0. The molecule has 0 aliphatic carbocycles. The molecule has 1 aromatic rings. The minimum atomic E-state index is -2.03. The Labute approximate surface area is 64.2 Å². The molecule has 54 valence electrons. The van der Waals surface area contributed by atoms with E-state index in [-0.39, 0.29) is 0 Å². The van der Waals surface area contributed by atoms with Crippen LogP contribution < -0.4 is 3.82 Å². The second kappa shape index (κ2) is 3.49. The molecule has 1 aromatic carbocycles. The van der Waals surface area contributed by atoms with Gasteiger partial charge in [-0.2, -0.15) is 0 Å². The fourth-order valence-corrected chi connectivity index (χ4v) is 1.41. The second-order valence-electron chi connectivity index (χ2n) is 1.80. The van der Waals surface area contributed by atoms with Crippen molar-refractivity contribution in [3.05, 3.63) is 30.3 Å². The SMILES string of the molecule is C[Se](=O)Oc1ccccc1. The van der Waals surface area contributed by atoms with E-state index in [1.807, 2.05) is 18.2 Å². The Morgan fingerprint density at radius 2 is 1.90 bits per heavy atom. The van der Waals surface area contributed by atoms with Crippen LogP contribution in [0.3, 0.4) is 0 Å². The van der Waals surface area contributed by atoms with Gasteiger partial charge in [0.05, 0.1) is 0 Å². The molecule has 0 saturated heterocycles. The molecule has 0 aliphatic rings. The zero-order valence-corrected chi connectivity index (χ0v) is 7.32. The van der Waals surface area contributed by atoms with Gasteiger partial charge in [0, 0.05) is 0 Å². The van der Waals surface area contributed by atoms with Gasteiger partial charge in [0.15, 0.2) is 0 Å². The molecule has 0 fully saturated rings. The van der Waals surface area contributed by atoms with Crippen LogP contribution in [-0.4, -0.2) is 14.2 Å². The van der Waals surface area contributed by atoms with Gasteiger partial charge in [0.2, 0.25) is 0 Å². The van der Waals surface area contributed by atoms with Gasteiger partial charge in [-0.1, -0.05) is 0 Å². The Kier molecular flexibility index (Phi) is 2.60. The van der Waals surface area contributed by atoms with Gasteiger partial charge in [0.25, 0.3) is 0 Å². The van der Waals surface area contributed by atoms with Gasteiger partial charge < -0.3 is 0 Å². The molecule has 0 bridgehead atoms. The molecule has 10 heavy (non-hydrogen) atoms. The topological polar surface area (TPSA) is 26.3 Å². The van der Waals surface area contributed by atoms with E-state index >= 15 is 0 Å². The standard InChI is InChI=1S/C7H8O2Se/c1-10(8)9-7-5-3-2-4-6-7/h2-6H,1H3. The molecule has 1 atom stereocenters. The molecule has 3 heteroatoms. The third-order valence-electron chi connectivity index (χ3n) is 0.957. The van der Waals surface area contributed by atoms with Crippen LogP contribution in [0.2, 0.25) is 5.82 Å². The third-order valence-corrected chi connectivity index (χ3v) is 1.85. The van der Waals surface area contributed by atoms with E-state index in [1.165, 1.54) is 0 Å². The maximum atomic E-state index is 10.6. The van der Waals surface area contributed by atoms with Crippen LogP contribution in [0.4, 0.5) is 0 Å². The summed E-state index contributed by atoms with van der Waals surface area (Å²) in [6.07, 6.45) is 0. The fraction of sp³-hybridized carbons (Fsp3) is 0.143. The van der Waals surface area contributed by atoms with E-state index < -0.39 is 14.2 Å². The summed E-state index contributed by atoms with van der Waals surface area (Å²) in [6.45, 7) is 0. The number of benzene rings is 1. The van der Waals surface area contributed by atoms with Crippen molar-refractivity contribution < 1.29 is 7.65 Å². The van der Waals surface area contributed by atoms with Crippen molar-refractivity contribution in [3.63, 3.8) is 0 Å². The summed E-state index contributed by atoms with van der Waals surface area (Å²) in [6, 6.07) is 9.17. The van der Waals surface area contributed by atoms with Crippen molar-refractivity contribution in [2.75, 3.05) is 0 Å². The van der Waals surface area contributed by atoms with Gasteiger partial charge in [0.1, 0.15) is 0 Å². The Hall–Kier alpha value is -0.661. The third kappa shape index (κ3) is 2.29. The van der Waals surface area contributed by atoms with E-state index in [0.29, 0.717) is 5.75 Å². The normalized spacial score (nSPS) is 12.5. The van der Waals surface area contributed by atoms with Gasteiger partial charge in [-0.05, 0) is 0 Å². The van der Waals surface area contributed by atoms with Crippen LogP contribution in [0.5, 0.6) is 5.75 Å². The Balaban J connectivity index is 2.67. The summed E-state index contributed by atoms with van der Waals surface area (Å²) in [5.41, 5.74) is 0. The van der Waals surface area contributed by atoms with Crippen molar-refractivity contribution in [2.24, 2.45) is 0 Å². The van der Waals surface area contributed by atoms with Crippen LogP contribution in [0, 0.1) is 0 Å². The van der Waals surface area contributed by atoms with Crippen LogP contribution >= 0.6 is 0 Å². The average Bonchev–Trinajstić information content (AvgIpc) is 1.88. The number of para-hydroxylation sites is 1. The molecule has 0 saturated carbocycles. The summed E-state index contributed by atoms with van der Waals surface area (Å²) in [7, 11) is 0. The molecule has 0 amide bonds. The Morgan fingerprint density at radius 1 is 1.30 bits per heavy atom. The molecular formula is C7H8O2Se. The fourth-order valence-electron chi connectivity index (χ4n) is 0.612. The molecule has 0 radical (unpaired) electrons. The summed E-state index contributed by atoms with van der Waals surface area (Å²) in [4.78, 5) is 0. The van der Waals surface area contributed by atoms with Gasteiger partial charge in [-0.15, -0.1) is 0 Å². The molecule has 1 rings (SSSR count). The molecule has 2 nitrogen and oxygen atoms in total. The molecular weight excluding hydrogens is 195 g/mol. The minimum absolute atomic E-state index is 0.685. The van der Waals surface area contributed by atoms with Gasteiger partial charge in [-0.3, -0.25) is 0 Å². The Morgan fingerprint density at radius 3 is 2.40 bits per heavy atom. The van der Waals surface area contributed by atoms with E-state index in [1.54, 1.807) is 18.0 Å². The molecule has 0 spiro atoms. The zero-order chi connectivity index (χ0) is 7.40. The average molecular weight is 203 g/mol. The van der Waals surface area contributed by atoms with Crippen LogP contribution in [0.15, 0.2) is 30.3 Å². The molecule has 0 heterocycles. The van der Waals surface area contributed by atoms with Crippen molar-refractivity contribution in [3.8, 4) is 5.75 Å². The first-order valence-electron chi connectivity index (χ1n) is 2.86. The molecule has 1 unspecified atom stereocenters. The van der Waals surface area contributed by atoms with Crippen LogP contribution in [-0.2, 0) is 3.83 Å².